The third kappa shape index (κ3) is 5.74. The molecule has 8 heteroatoms. The molecule has 4 rings (SSSR count). The number of amides is 1. The number of carbonyl (C=O) groups excluding carboxylic acids is 1. The molecule has 2 aromatic carbocycles. The van der Waals surface area contributed by atoms with Crippen molar-refractivity contribution >= 4 is 15.7 Å². The van der Waals surface area contributed by atoms with Crippen LogP contribution in [-0.4, -0.2) is 49.0 Å². The maximum Gasteiger partial charge on any atom is 0.254 e. The van der Waals surface area contributed by atoms with Crippen molar-refractivity contribution in [3.63, 3.8) is 0 Å². The largest absolute Gasteiger partial charge is 0.383 e. The zero-order valence-corrected chi connectivity index (χ0v) is 20.5. The van der Waals surface area contributed by atoms with Crippen LogP contribution in [0.2, 0.25) is 0 Å². The maximum atomic E-state index is 13.5. The molecule has 0 atom stereocenters. The number of nitrogens with zero attached hydrogens (tertiary/aromatic N) is 3. The summed E-state index contributed by atoms with van der Waals surface area (Å²) in [4.78, 5) is 19.6. The predicted molar refractivity (Wildman–Crippen MR) is 130 cm³/mol. The second-order valence-corrected chi connectivity index (χ2v) is 10.7. The first kappa shape index (κ1) is 24.2. The molecule has 1 fully saturated rings. The van der Waals surface area contributed by atoms with Gasteiger partial charge in [0.15, 0.2) is 0 Å². The molecule has 34 heavy (non-hydrogen) atoms. The van der Waals surface area contributed by atoms with Gasteiger partial charge in [-0.1, -0.05) is 48.5 Å². The second-order valence-electron chi connectivity index (χ2n) is 8.87. The number of rotatable bonds is 11. The molecule has 3 aromatic rings. The Labute approximate surface area is 201 Å². The highest BCUT2D eigenvalue weighted by molar-refractivity contribution is 7.90. The van der Waals surface area contributed by atoms with Gasteiger partial charge in [0.25, 0.3) is 5.91 Å². The van der Waals surface area contributed by atoms with E-state index in [-0.39, 0.29) is 16.8 Å². The molecule has 1 aromatic heterocycles. The van der Waals surface area contributed by atoms with Gasteiger partial charge in [-0.25, -0.2) is 13.4 Å². The molecule has 1 heterocycles. The molecule has 1 aliphatic carbocycles. The SMILES string of the molecule is COCCn1c(CN(CC2CC2)C(=O)c2ccccc2C)cnc1S(=O)(=O)Cc1ccccc1. The Morgan fingerprint density at radius 2 is 1.82 bits per heavy atom. The number of aryl methyl sites for hydroxylation is 1. The summed E-state index contributed by atoms with van der Waals surface area (Å²) in [7, 11) is -2.11. The predicted octanol–water partition coefficient (Wildman–Crippen LogP) is 3.86. The van der Waals surface area contributed by atoms with Gasteiger partial charge in [0, 0.05) is 25.8 Å². The molecule has 0 saturated heterocycles. The summed E-state index contributed by atoms with van der Waals surface area (Å²) >= 11 is 0. The molecule has 0 N–H and O–H groups in total. The standard InChI is InChI=1S/C26H31N3O4S/c1-20-8-6-7-11-24(20)25(30)28(17-21-12-13-21)18-23-16-27-26(29(23)14-15-33-2)34(31,32)19-22-9-4-3-5-10-22/h3-11,16,21H,12-15,17-19H2,1-2H3. The summed E-state index contributed by atoms with van der Waals surface area (Å²) in [5.74, 6) is 0.313. The fourth-order valence-electron chi connectivity index (χ4n) is 4.06. The van der Waals surface area contributed by atoms with Gasteiger partial charge in [-0.3, -0.25) is 4.79 Å². The molecular weight excluding hydrogens is 450 g/mol. The Hall–Kier alpha value is -2.97. The van der Waals surface area contributed by atoms with Gasteiger partial charge in [-0.2, -0.15) is 0 Å². The van der Waals surface area contributed by atoms with E-state index in [4.69, 9.17) is 4.74 Å². The minimum absolute atomic E-state index is 0.0121. The van der Waals surface area contributed by atoms with Crippen molar-refractivity contribution in [2.75, 3.05) is 20.3 Å². The van der Waals surface area contributed by atoms with E-state index >= 15 is 0 Å². The first-order valence-electron chi connectivity index (χ1n) is 11.5. The number of carbonyl (C=O) groups is 1. The van der Waals surface area contributed by atoms with Gasteiger partial charge in [-0.05, 0) is 42.9 Å². The maximum absolute atomic E-state index is 13.5. The Morgan fingerprint density at radius 3 is 2.50 bits per heavy atom. The fourth-order valence-corrected chi connectivity index (χ4v) is 5.57. The third-order valence-corrected chi connectivity index (χ3v) is 7.68. The minimum Gasteiger partial charge on any atom is -0.383 e. The van der Waals surface area contributed by atoms with Crippen molar-refractivity contribution in [3.8, 4) is 0 Å². The van der Waals surface area contributed by atoms with Gasteiger partial charge in [0.1, 0.15) is 0 Å². The lowest BCUT2D eigenvalue weighted by Gasteiger charge is -2.24. The third-order valence-electron chi connectivity index (χ3n) is 6.09. The summed E-state index contributed by atoms with van der Waals surface area (Å²) in [6.07, 6.45) is 3.80. The summed E-state index contributed by atoms with van der Waals surface area (Å²) in [5, 5.41) is 0.0121. The van der Waals surface area contributed by atoms with E-state index in [9.17, 15) is 13.2 Å². The Kier molecular flexibility index (Phi) is 7.48. The number of hydrogen-bond donors (Lipinski definition) is 0. The minimum atomic E-state index is -3.69. The molecule has 1 saturated carbocycles. The quantitative estimate of drug-likeness (QED) is 0.415. The van der Waals surface area contributed by atoms with Crippen LogP contribution in [-0.2, 0) is 33.4 Å². The van der Waals surface area contributed by atoms with Crippen LogP contribution in [0.5, 0.6) is 0 Å². The molecule has 0 radical (unpaired) electrons. The van der Waals surface area contributed by atoms with Crippen LogP contribution in [0.1, 0.15) is 40.0 Å². The van der Waals surface area contributed by atoms with Crippen LogP contribution >= 0.6 is 0 Å². The van der Waals surface area contributed by atoms with Crippen molar-refractivity contribution in [1.29, 1.82) is 0 Å². The zero-order valence-electron chi connectivity index (χ0n) is 19.7. The average molecular weight is 482 g/mol. The van der Waals surface area contributed by atoms with E-state index in [1.807, 2.05) is 54.3 Å². The number of ether oxygens (including phenoxy) is 1. The smallest absolute Gasteiger partial charge is 0.254 e. The Morgan fingerprint density at radius 1 is 1.12 bits per heavy atom. The van der Waals surface area contributed by atoms with Crippen LogP contribution < -0.4 is 0 Å². The summed E-state index contributed by atoms with van der Waals surface area (Å²) in [6.45, 7) is 3.55. The van der Waals surface area contributed by atoms with Gasteiger partial charge < -0.3 is 14.2 Å². The number of hydrogen-bond acceptors (Lipinski definition) is 5. The first-order chi connectivity index (χ1) is 16.4. The van der Waals surface area contributed by atoms with E-state index in [0.29, 0.717) is 49.0 Å². The topological polar surface area (TPSA) is 81.5 Å². The van der Waals surface area contributed by atoms with Crippen molar-refractivity contribution in [2.45, 2.75) is 43.8 Å². The highest BCUT2D eigenvalue weighted by atomic mass is 32.2. The summed E-state index contributed by atoms with van der Waals surface area (Å²) in [5.41, 5.74) is 2.98. The van der Waals surface area contributed by atoms with Gasteiger partial charge in [-0.15, -0.1) is 0 Å². The van der Waals surface area contributed by atoms with Crippen molar-refractivity contribution in [2.24, 2.45) is 5.92 Å². The van der Waals surface area contributed by atoms with E-state index in [2.05, 4.69) is 4.98 Å². The summed E-state index contributed by atoms with van der Waals surface area (Å²) < 4.78 is 33.5. The van der Waals surface area contributed by atoms with Gasteiger partial charge in [0.2, 0.25) is 15.0 Å². The van der Waals surface area contributed by atoms with Crippen molar-refractivity contribution in [3.05, 3.63) is 83.2 Å². The van der Waals surface area contributed by atoms with Gasteiger partial charge >= 0.3 is 0 Å². The van der Waals surface area contributed by atoms with Crippen LogP contribution in [0.15, 0.2) is 66.0 Å². The highest BCUT2D eigenvalue weighted by Gasteiger charge is 2.30. The number of aromatic nitrogens is 2. The van der Waals surface area contributed by atoms with E-state index in [0.717, 1.165) is 18.4 Å². The number of imidazole rings is 1. The molecular formula is C26H31N3O4S. The lowest BCUT2D eigenvalue weighted by atomic mass is 10.1. The average Bonchev–Trinajstić information content (AvgIpc) is 3.55. The van der Waals surface area contributed by atoms with Crippen LogP contribution in [0.25, 0.3) is 0 Å². The molecule has 180 valence electrons. The van der Waals surface area contributed by atoms with E-state index in [1.165, 1.54) is 0 Å². The Bertz CT molecular complexity index is 1230. The molecule has 0 spiro atoms. The number of sulfone groups is 1. The second kappa shape index (κ2) is 10.5. The van der Waals surface area contributed by atoms with E-state index in [1.54, 1.807) is 30.0 Å². The fraction of sp³-hybridized carbons (Fsp3) is 0.385. The van der Waals surface area contributed by atoms with Crippen LogP contribution in [0.4, 0.5) is 0 Å². The lowest BCUT2D eigenvalue weighted by Crippen LogP contribution is -2.34. The normalized spacial score (nSPS) is 13.7. The lowest BCUT2D eigenvalue weighted by molar-refractivity contribution is 0.0729. The monoisotopic (exact) mass is 481 g/mol. The summed E-state index contributed by atoms with van der Waals surface area (Å²) in [6, 6.07) is 16.6. The number of methoxy groups -OCH3 is 1. The van der Waals surface area contributed by atoms with Crippen molar-refractivity contribution < 1.29 is 17.9 Å². The number of benzene rings is 2. The molecule has 0 bridgehead atoms. The molecule has 1 aliphatic rings. The molecule has 7 nitrogen and oxygen atoms in total. The molecule has 1 amide bonds. The Balaban J connectivity index is 1.64. The van der Waals surface area contributed by atoms with Crippen LogP contribution in [0, 0.1) is 12.8 Å². The first-order valence-corrected chi connectivity index (χ1v) is 13.2. The molecule has 0 unspecified atom stereocenters. The van der Waals surface area contributed by atoms with E-state index < -0.39 is 9.84 Å². The molecule has 0 aliphatic heterocycles. The highest BCUT2D eigenvalue weighted by Crippen LogP contribution is 2.31. The zero-order chi connectivity index (χ0) is 24.1. The van der Waals surface area contributed by atoms with Gasteiger partial charge in [0.05, 0.1) is 30.8 Å². The van der Waals surface area contributed by atoms with Crippen molar-refractivity contribution in [1.82, 2.24) is 14.5 Å². The van der Waals surface area contributed by atoms with Crippen LogP contribution in [0.3, 0.4) is 0 Å².